The molecule has 1 aromatic carbocycles. The molecule has 2 aromatic rings. The number of para-hydroxylation sites is 1. The topological polar surface area (TPSA) is 92.5 Å². The van der Waals surface area contributed by atoms with Gasteiger partial charge in [0.25, 0.3) is 0 Å². The van der Waals surface area contributed by atoms with Crippen molar-refractivity contribution in [2.24, 2.45) is 0 Å². The Morgan fingerprint density at radius 3 is 2.80 bits per heavy atom. The molecule has 0 saturated heterocycles. The second-order valence-electron chi connectivity index (χ2n) is 4.15. The van der Waals surface area contributed by atoms with Crippen LogP contribution in [0.3, 0.4) is 0 Å². The summed E-state index contributed by atoms with van der Waals surface area (Å²) in [6, 6.07) is 6.99. The van der Waals surface area contributed by atoms with Crippen LogP contribution in [0.25, 0.3) is 0 Å². The number of aliphatic hydroxyl groups is 1. The molecule has 0 radical (unpaired) electrons. The fourth-order valence-electron chi connectivity index (χ4n) is 1.67. The number of aromatic nitrogens is 2. The van der Waals surface area contributed by atoms with Crippen LogP contribution in [0.4, 0.5) is 0 Å². The molecule has 104 valence electrons. The average Bonchev–Trinajstić information content (AvgIpc) is 2.47. The highest BCUT2D eigenvalue weighted by Gasteiger charge is 2.16. The summed E-state index contributed by atoms with van der Waals surface area (Å²) in [6.07, 6.45) is 3.27. The Kier molecular flexibility index (Phi) is 4.62. The normalized spacial score (nSPS) is 11.8. The van der Waals surface area contributed by atoms with E-state index in [2.05, 4.69) is 9.97 Å². The van der Waals surface area contributed by atoms with Gasteiger partial charge in [0.2, 0.25) is 0 Å². The number of carbonyl (C=O) groups is 1. The van der Waals surface area contributed by atoms with E-state index in [1.165, 1.54) is 0 Å². The molecule has 0 fully saturated rings. The van der Waals surface area contributed by atoms with Crippen LogP contribution in [-0.2, 0) is 17.8 Å². The molecule has 1 atom stereocenters. The standard InChI is InChI=1S/C14H14N2O4/c17-12(14(18)19)7-10-3-1-2-4-13(10)20-9-11-8-15-5-6-16-11/h1-6,8,12,17H,7,9H2,(H,18,19)/t12-/m1/s1. The molecule has 0 aliphatic heterocycles. The van der Waals surface area contributed by atoms with Crippen LogP contribution in [0.15, 0.2) is 42.9 Å². The Morgan fingerprint density at radius 2 is 2.10 bits per heavy atom. The van der Waals surface area contributed by atoms with Crippen LogP contribution < -0.4 is 4.74 Å². The molecular formula is C14H14N2O4. The number of nitrogens with zero attached hydrogens (tertiary/aromatic N) is 2. The molecule has 1 aromatic heterocycles. The summed E-state index contributed by atoms with van der Waals surface area (Å²) in [7, 11) is 0. The number of benzene rings is 1. The lowest BCUT2D eigenvalue weighted by molar-refractivity contribution is -0.146. The molecule has 0 bridgehead atoms. The highest BCUT2D eigenvalue weighted by atomic mass is 16.5. The van der Waals surface area contributed by atoms with Gasteiger partial charge in [-0.05, 0) is 11.6 Å². The van der Waals surface area contributed by atoms with Crippen molar-refractivity contribution >= 4 is 5.97 Å². The predicted octanol–water partition coefficient (Wildman–Crippen LogP) is 1.04. The molecule has 2 rings (SSSR count). The van der Waals surface area contributed by atoms with Gasteiger partial charge in [-0.25, -0.2) is 4.79 Å². The third-order valence-corrected chi connectivity index (χ3v) is 2.66. The summed E-state index contributed by atoms with van der Waals surface area (Å²) in [5.41, 5.74) is 1.30. The van der Waals surface area contributed by atoms with E-state index in [1.807, 2.05) is 0 Å². The monoisotopic (exact) mass is 274 g/mol. The van der Waals surface area contributed by atoms with Crippen molar-refractivity contribution in [3.8, 4) is 5.75 Å². The Balaban J connectivity index is 2.06. The molecule has 0 aliphatic rings. The molecule has 0 saturated carbocycles. The molecule has 0 unspecified atom stereocenters. The van der Waals surface area contributed by atoms with Crippen LogP contribution in [0, 0.1) is 0 Å². The van der Waals surface area contributed by atoms with Gasteiger partial charge >= 0.3 is 5.97 Å². The number of hydrogen-bond acceptors (Lipinski definition) is 5. The van der Waals surface area contributed by atoms with Crippen LogP contribution in [0.2, 0.25) is 0 Å². The van der Waals surface area contributed by atoms with Crippen LogP contribution >= 0.6 is 0 Å². The summed E-state index contributed by atoms with van der Waals surface area (Å²) in [6.45, 7) is 0.230. The van der Waals surface area contributed by atoms with Gasteiger partial charge in [-0.2, -0.15) is 0 Å². The first kappa shape index (κ1) is 14.0. The van der Waals surface area contributed by atoms with Gasteiger partial charge in [0, 0.05) is 18.8 Å². The van der Waals surface area contributed by atoms with E-state index in [9.17, 15) is 9.90 Å². The number of aliphatic hydroxyl groups excluding tert-OH is 1. The Labute approximate surface area is 115 Å². The Morgan fingerprint density at radius 1 is 1.30 bits per heavy atom. The third-order valence-electron chi connectivity index (χ3n) is 2.66. The van der Waals surface area contributed by atoms with Crippen molar-refractivity contribution in [2.45, 2.75) is 19.1 Å². The van der Waals surface area contributed by atoms with E-state index in [-0.39, 0.29) is 13.0 Å². The van der Waals surface area contributed by atoms with E-state index in [1.54, 1.807) is 42.9 Å². The summed E-state index contributed by atoms with van der Waals surface area (Å²) >= 11 is 0. The second-order valence-corrected chi connectivity index (χ2v) is 4.15. The van der Waals surface area contributed by atoms with E-state index in [0.29, 0.717) is 17.0 Å². The number of aliphatic carboxylic acids is 1. The number of hydrogen-bond donors (Lipinski definition) is 2. The lowest BCUT2D eigenvalue weighted by Gasteiger charge is -2.12. The Hall–Kier alpha value is -2.47. The quantitative estimate of drug-likeness (QED) is 0.817. The number of rotatable bonds is 6. The number of carboxylic acid groups (broad SMARTS) is 1. The SMILES string of the molecule is O=C(O)[C@H](O)Cc1ccccc1OCc1cnccn1. The smallest absolute Gasteiger partial charge is 0.332 e. The van der Waals surface area contributed by atoms with E-state index < -0.39 is 12.1 Å². The van der Waals surface area contributed by atoms with Crippen molar-refractivity contribution in [2.75, 3.05) is 0 Å². The third kappa shape index (κ3) is 3.76. The van der Waals surface area contributed by atoms with Crippen LogP contribution in [0.5, 0.6) is 5.75 Å². The zero-order valence-electron chi connectivity index (χ0n) is 10.6. The van der Waals surface area contributed by atoms with Crippen LogP contribution in [-0.4, -0.2) is 32.3 Å². The fourth-order valence-corrected chi connectivity index (χ4v) is 1.67. The van der Waals surface area contributed by atoms with Gasteiger partial charge in [-0.15, -0.1) is 0 Å². The first-order valence-corrected chi connectivity index (χ1v) is 6.03. The molecule has 2 N–H and O–H groups in total. The predicted molar refractivity (Wildman–Crippen MR) is 70.2 cm³/mol. The maximum atomic E-state index is 10.7. The lowest BCUT2D eigenvalue weighted by Crippen LogP contribution is -2.22. The Bertz CT molecular complexity index is 574. The maximum absolute atomic E-state index is 10.7. The average molecular weight is 274 g/mol. The highest BCUT2D eigenvalue weighted by molar-refractivity contribution is 5.72. The van der Waals surface area contributed by atoms with Crippen LogP contribution in [0.1, 0.15) is 11.3 Å². The highest BCUT2D eigenvalue weighted by Crippen LogP contribution is 2.20. The molecule has 6 nitrogen and oxygen atoms in total. The van der Waals surface area contributed by atoms with Crippen molar-refractivity contribution in [3.63, 3.8) is 0 Å². The zero-order valence-corrected chi connectivity index (χ0v) is 10.6. The summed E-state index contributed by atoms with van der Waals surface area (Å²) in [5.74, 6) is -0.729. The minimum Gasteiger partial charge on any atom is -0.487 e. The minimum atomic E-state index is -1.45. The van der Waals surface area contributed by atoms with Crippen molar-refractivity contribution in [1.82, 2.24) is 9.97 Å². The first-order chi connectivity index (χ1) is 9.66. The molecule has 0 amide bonds. The van der Waals surface area contributed by atoms with Gasteiger partial charge in [-0.1, -0.05) is 18.2 Å². The summed E-state index contributed by atoms with van der Waals surface area (Å²) < 4.78 is 5.60. The van der Waals surface area contributed by atoms with Crippen molar-refractivity contribution in [1.29, 1.82) is 0 Å². The molecule has 20 heavy (non-hydrogen) atoms. The maximum Gasteiger partial charge on any atom is 0.332 e. The van der Waals surface area contributed by atoms with Gasteiger partial charge in [-0.3, -0.25) is 9.97 Å². The molecule has 1 heterocycles. The van der Waals surface area contributed by atoms with E-state index in [4.69, 9.17) is 9.84 Å². The fraction of sp³-hybridized carbons (Fsp3) is 0.214. The summed E-state index contributed by atoms with van der Waals surface area (Å²) in [4.78, 5) is 18.7. The number of ether oxygens (including phenoxy) is 1. The van der Waals surface area contributed by atoms with E-state index >= 15 is 0 Å². The van der Waals surface area contributed by atoms with Gasteiger partial charge in [0.05, 0.1) is 11.9 Å². The molecule has 6 heteroatoms. The first-order valence-electron chi connectivity index (χ1n) is 6.03. The molecule has 0 aliphatic carbocycles. The minimum absolute atomic E-state index is 0.00796. The number of carboxylic acids is 1. The van der Waals surface area contributed by atoms with Gasteiger partial charge in [0.15, 0.2) is 6.10 Å². The van der Waals surface area contributed by atoms with Crippen molar-refractivity contribution < 1.29 is 19.7 Å². The van der Waals surface area contributed by atoms with Gasteiger partial charge in [0.1, 0.15) is 12.4 Å². The second kappa shape index (κ2) is 6.63. The largest absolute Gasteiger partial charge is 0.487 e. The zero-order chi connectivity index (χ0) is 14.4. The molecule has 0 spiro atoms. The summed E-state index contributed by atoms with van der Waals surface area (Å²) in [5, 5.41) is 18.1. The molecular weight excluding hydrogens is 260 g/mol. The van der Waals surface area contributed by atoms with E-state index in [0.717, 1.165) is 0 Å². The van der Waals surface area contributed by atoms with Gasteiger partial charge < -0.3 is 14.9 Å². The van der Waals surface area contributed by atoms with Crippen molar-refractivity contribution in [3.05, 3.63) is 54.1 Å². The lowest BCUT2D eigenvalue weighted by atomic mass is 10.1.